The standard InChI is InChI=1S/C52H36N2/c1-2-10-39-32-42(17-16-35(39)8-1)36-18-23-44(24-19-36)53(45-25-20-37(21-26-45)43-33-40-11-7-12-41(40)34-43)46-27-29-47(30-28-46)54-50-15-6-5-14-49(50)52-48-13-4-3-9-38(48)22-31-51(52)54/h1-11,13-32,34H,12,33H2. The minimum atomic E-state index is 1.02. The van der Waals surface area contributed by atoms with Crippen LogP contribution in [0.3, 0.4) is 0 Å². The van der Waals surface area contributed by atoms with E-state index in [-0.39, 0.29) is 0 Å². The van der Waals surface area contributed by atoms with E-state index in [1.165, 1.54) is 76.8 Å². The Hall–Kier alpha value is -6.90. The number of hydrogen-bond donors (Lipinski definition) is 0. The zero-order valence-corrected chi connectivity index (χ0v) is 29.8. The number of benzene rings is 8. The molecule has 0 N–H and O–H groups in total. The highest BCUT2D eigenvalue weighted by atomic mass is 15.1. The molecule has 1 heterocycles. The summed E-state index contributed by atoms with van der Waals surface area (Å²) < 4.78 is 2.41. The third-order valence-corrected chi connectivity index (χ3v) is 11.4. The molecule has 0 unspecified atom stereocenters. The van der Waals surface area contributed by atoms with Crippen LogP contribution in [-0.4, -0.2) is 4.57 Å². The van der Waals surface area contributed by atoms with E-state index in [0.29, 0.717) is 0 Å². The van der Waals surface area contributed by atoms with Gasteiger partial charge in [0.1, 0.15) is 0 Å². The van der Waals surface area contributed by atoms with Gasteiger partial charge in [-0.3, -0.25) is 0 Å². The van der Waals surface area contributed by atoms with Crippen LogP contribution in [0.1, 0.15) is 18.4 Å². The van der Waals surface area contributed by atoms with Gasteiger partial charge in [-0.15, -0.1) is 0 Å². The lowest BCUT2D eigenvalue weighted by Crippen LogP contribution is -2.10. The van der Waals surface area contributed by atoms with Crippen molar-refractivity contribution in [2.75, 3.05) is 4.90 Å². The molecule has 0 aliphatic heterocycles. The zero-order valence-electron chi connectivity index (χ0n) is 29.8. The van der Waals surface area contributed by atoms with E-state index in [1.54, 1.807) is 0 Å². The lowest BCUT2D eigenvalue weighted by Gasteiger charge is -2.26. The predicted octanol–water partition coefficient (Wildman–Crippen LogP) is 14.3. The first-order valence-corrected chi connectivity index (χ1v) is 18.9. The molecule has 0 bridgehead atoms. The number of anilines is 3. The van der Waals surface area contributed by atoms with Gasteiger partial charge < -0.3 is 9.47 Å². The Morgan fingerprint density at radius 2 is 1.06 bits per heavy atom. The van der Waals surface area contributed by atoms with Crippen LogP contribution in [0.2, 0.25) is 0 Å². The smallest absolute Gasteiger partial charge is 0.0547 e. The SMILES string of the molecule is C1=CC2=C(C=C(c3ccc(N(c4ccc(-c5ccc6ccccc6c5)cc4)c4ccc(-n5c6ccccc6c6c7ccccc7ccc65)cc4)cc3)C2)C1. The van der Waals surface area contributed by atoms with Gasteiger partial charge >= 0.3 is 0 Å². The maximum Gasteiger partial charge on any atom is 0.0547 e. The molecule has 0 spiro atoms. The van der Waals surface area contributed by atoms with Crippen LogP contribution in [0, 0.1) is 0 Å². The number of aromatic nitrogens is 1. The van der Waals surface area contributed by atoms with Crippen molar-refractivity contribution in [2.45, 2.75) is 12.8 Å². The molecule has 254 valence electrons. The Balaban J connectivity index is 0.998. The second-order valence-electron chi connectivity index (χ2n) is 14.5. The average Bonchev–Trinajstić information content (AvgIpc) is 3.95. The fraction of sp³-hybridized carbons (Fsp3) is 0.0385. The fourth-order valence-electron chi connectivity index (χ4n) is 8.75. The van der Waals surface area contributed by atoms with Crippen LogP contribution >= 0.6 is 0 Å². The topological polar surface area (TPSA) is 8.17 Å². The Morgan fingerprint density at radius 1 is 0.444 bits per heavy atom. The molecule has 2 nitrogen and oxygen atoms in total. The maximum atomic E-state index is 2.41. The zero-order chi connectivity index (χ0) is 35.6. The Morgan fingerprint density at radius 3 is 1.81 bits per heavy atom. The third-order valence-electron chi connectivity index (χ3n) is 11.4. The van der Waals surface area contributed by atoms with E-state index < -0.39 is 0 Å². The minimum absolute atomic E-state index is 1.02. The molecule has 0 amide bonds. The first-order valence-electron chi connectivity index (χ1n) is 18.9. The normalized spacial score (nSPS) is 13.7. The lowest BCUT2D eigenvalue weighted by molar-refractivity contribution is 1.17. The summed E-state index contributed by atoms with van der Waals surface area (Å²) in [6.07, 6.45) is 9.04. The summed E-state index contributed by atoms with van der Waals surface area (Å²) >= 11 is 0. The first-order chi connectivity index (χ1) is 26.7. The fourth-order valence-corrected chi connectivity index (χ4v) is 8.75. The van der Waals surface area contributed by atoms with Crippen molar-refractivity contribution in [3.8, 4) is 16.8 Å². The van der Waals surface area contributed by atoms with Crippen molar-refractivity contribution in [3.63, 3.8) is 0 Å². The second-order valence-corrected chi connectivity index (χ2v) is 14.5. The van der Waals surface area contributed by atoms with E-state index >= 15 is 0 Å². The molecule has 2 aliphatic carbocycles. The van der Waals surface area contributed by atoms with Crippen molar-refractivity contribution < 1.29 is 0 Å². The van der Waals surface area contributed by atoms with Gasteiger partial charge in [0.05, 0.1) is 11.0 Å². The maximum absolute atomic E-state index is 2.41. The largest absolute Gasteiger partial charge is 0.311 e. The average molecular weight is 689 g/mol. The Labute approximate surface area is 314 Å². The van der Waals surface area contributed by atoms with Crippen LogP contribution in [0.15, 0.2) is 205 Å². The molecular weight excluding hydrogens is 653 g/mol. The summed E-state index contributed by atoms with van der Waals surface area (Å²) in [6.45, 7) is 0. The van der Waals surface area contributed by atoms with Crippen LogP contribution in [0.5, 0.6) is 0 Å². The predicted molar refractivity (Wildman–Crippen MR) is 229 cm³/mol. The van der Waals surface area contributed by atoms with Crippen LogP contribution < -0.4 is 4.90 Å². The van der Waals surface area contributed by atoms with Crippen molar-refractivity contribution in [2.24, 2.45) is 0 Å². The van der Waals surface area contributed by atoms with Gasteiger partial charge in [-0.05, 0) is 135 Å². The molecular formula is C52H36N2. The van der Waals surface area contributed by atoms with Crippen LogP contribution in [0.25, 0.3) is 65.7 Å². The summed E-state index contributed by atoms with van der Waals surface area (Å²) in [5.41, 5.74) is 15.0. The number of rotatable bonds is 6. The number of hydrogen-bond acceptors (Lipinski definition) is 1. The Kier molecular flexibility index (Phi) is 7.03. The molecule has 11 rings (SSSR count). The molecule has 9 aromatic rings. The summed E-state index contributed by atoms with van der Waals surface area (Å²) in [5, 5.41) is 7.64. The van der Waals surface area contributed by atoms with E-state index in [4.69, 9.17) is 0 Å². The van der Waals surface area contributed by atoms with Gasteiger partial charge in [0.15, 0.2) is 0 Å². The van der Waals surface area contributed by atoms with E-state index in [9.17, 15) is 0 Å². The van der Waals surface area contributed by atoms with Crippen molar-refractivity contribution >= 4 is 66.0 Å². The van der Waals surface area contributed by atoms with Gasteiger partial charge in [0.25, 0.3) is 0 Å². The Bertz CT molecular complexity index is 3010. The molecule has 2 aliphatic rings. The van der Waals surface area contributed by atoms with Crippen molar-refractivity contribution in [3.05, 3.63) is 211 Å². The molecule has 0 saturated heterocycles. The number of allylic oxidation sites excluding steroid dienone is 6. The number of para-hydroxylation sites is 1. The van der Waals surface area contributed by atoms with Gasteiger partial charge in [-0.2, -0.15) is 0 Å². The molecule has 0 radical (unpaired) electrons. The van der Waals surface area contributed by atoms with E-state index in [1.807, 2.05) is 0 Å². The van der Waals surface area contributed by atoms with Crippen LogP contribution in [0.4, 0.5) is 17.1 Å². The quantitative estimate of drug-likeness (QED) is 0.169. The van der Waals surface area contributed by atoms with Crippen molar-refractivity contribution in [1.29, 1.82) is 0 Å². The summed E-state index contributed by atoms with van der Waals surface area (Å²) in [5.74, 6) is 0. The summed E-state index contributed by atoms with van der Waals surface area (Å²) in [4.78, 5) is 2.38. The van der Waals surface area contributed by atoms with E-state index in [0.717, 1.165) is 35.6 Å². The van der Waals surface area contributed by atoms with Crippen LogP contribution in [-0.2, 0) is 0 Å². The second kappa shape index (κ2) is 12.4. The van der Waals surface area contributed by atoms with Gasteiger partial charge in [-0.1, -0.05) is 127 Å². The molecule has 0 atom stereocenters. The van der Waals surface area contributed by atoms with Crippen molar-refractivity contribution in [1.82, 2.24) is 4.57 Å². The van der Waals surface area contributed by atoms with Gasteiger partial charge in [0, 0.05) is 33.5 Å². The molecule has 8 aromatic carbocycles. The molecule has 0 fully saturated rings. The monoisotopic (exact) mass is 688 g/mol. The minimum Gasteiger partial charge on any atom is -0.311 e. The molecule has 1 aromatic heterocycles. The first kappa shape index (κ1) is 30.7. The summed E-state index contributed by atoms with van der Waals surface area (Å²) in [7, 11) is 0. The molecule has 0 saturated carbocycles. The number of nitrogens with zero attached hydrogens (tertiary/aromatic N) is 2. The van der Waals surface area contributed by atoms with E-state index in [2.05, 4.69) is 204 Å². The lowest BCUT2D eigenvalue weighted by atomic mass is 10.0. The highest BCUT2D eigenvalue weighted by Crippen LogP contribution is 2.42. The van der Waals surface area contributed by atoms with Gasteiger partial charge in [0.2, 0.25) is 0 Å². The third kappa shape index (κ3) is 5.03. The molecule has 54 heavy (non-hydrogen) atoms. The van der Waals surface area contributed by atoms with Gasteiger partial charge in [-0.25, -0.2) is 0 Å². The highest BCUT2D eigenvalue weighted by molar-refractivity contribution is 6.21. The molecule has 2 heteroatoms. The highest BCUT2D eigenvalue weighted by Gasteiger charge is 2.20. The number of fused-ring (bicyclic) bond motifs is 6. The summed E-state index contributed by atoms with van der Waals surface area (Å²) in [6, 6.07) is 64.5.